The molecule has 2 heterocycles. The first-order valence-corrected chi connectivity index (χ1v) is 10.2. The van der Waals surface area contributed by atoms with E-state index >= 15 is 0 Å². The van der Waals surface area contributed by atoms with E-state index in [0.717, 1.165) is 24.5 Å². The molecular weight excluding hydrogens is 372 g/mol. The molecule has 1 unspecified atom stereocenters. The molecule has 0 radical (unpaired) electrons. The van der Waals surface area contributed by atoms with Crippen molar-refractivity contribution in [2.45, 2.75) is 32.6 Å². The van der Waals surface area contributed by atoms with Gasteiger partial charge in [0.1, 0.15) is 5.75 Å². The van der Waals surface area contributed by atoms with E-state index in [1.54, 1.807) is 24.3 Å². The van der Waals surface area contributed by atoms with Crippen molar-refractivity contribution in [2.24, 2.45) is 10.9 Å². The number of benzene rings is 1. The highest BCUT2D eigenvalue weighted by molar-refractivity contribution is 6.35. The minimum absolute atomic E-state index is 0.388. The summed E-state index contributed by atoms with van der Waals surface area (Å²) < 4.78 is 5.12. The predicted molar refractivity (Wildman–Crippen MR) is 110 cm³/mol. The molecule has 8 heteroatoms. The third-order valence-corrected chi connectivity index (χ3v) is 5.53. The molecule has 0 aromatic heterocycles. The summed E-state index contributed by atoms with van der Waals surface area (Å²) >= 11 is 0. The Hall–Kier alpha value is -2.74. The fourth-order valence-corrected chi connectivity index (χ4v) is 3.91. The van der Waals surface area contributed by atoms with Crippen molar-refractivity contribution in [3.8, 4) is 5.75 Å². The van der Waals surface area contributed by atoms with Crippen LogP contribution >= 0.6 is 0 Å². The number of methoxy groups -OCH3 is 1. The van der Waals surface area contributed by atoms with Crippen LogP contribution in [-0.2, 0) is 9.59 Å². The lowest BCUT2D eigenvalue weighted by Crippen LogP contribution is -3.13. The van der Waals surface area contributed by atoms with Gasteiger partial charge in [-0.2, -0.15) is 0 Å². The Balaban J connectivity index is 1.76. The van der Waals surface area contributed by atoms with Gasteiger partial charge in [0.05, 0.1) is 39.0 Å². The quantitative estimate of drug-likeness (QED) is 0.523. The van der Waals surface area contributed by atoms with Gasteiger partial charge in [-0.15, -0.1) is 0 Å². The number of aliphatic imine (C=N–C) groups is 1. The topological polar surface area (TPSA) is 92.5 Å². The highest BCUT2D eigenvalue weighted by atomic mass is 16.5. The number of urea groups is 1. The summed E-state index contributed by atoms with van der Waals surface area (Å²) in [5.41, 5.74) is 0.911. The lowest BCUT2D eigenvalue weighted by Gasteiger charge is -2.30. The highest BCUT2D eigenvalue weighted by Gasteiger charge is 2.43. The Morgan fingerprint density at radius 2 is 1.86 bits per heavy atom. The number of imide groups is 2. The smallest absolute Gasteiger partial charge is 0.335 e. The number of hydrogen-bond acceptors (Lipinski definition) is 5. The van der Waals surface area contributed by atoms with Crippen molar-refractivity contribution in [2.75, 3.05) is 38.2 Å². The van der Waals surface area contributed by atoms with Crippen molar-refractivity contribution in [3.63, 3.8) is 0 Å². The first-order valence-electron chi connectivity index (χ1n) is 10.2. The summed E-state index contributed by atoms with van der Waals surface area (Å²) in [4.78, 5) is 45.0. The molecule has 29 heavy (non-hydrogen) atoms. The first-order chi connectivity index (χ1) is 14.0. The van der Waals surface area contributed by atoms with Crippen LogP contribution in [0.15, 0.2) is 29.3 Å². The van der Waals surface area contributed by atoms with Crippen LogP contribution in [0.1, 0.15) is 32.6 Å². The predicted octanol–water partition coefficient (Wildman–Crippen LogP) is 0.814. The Morgan fingerprint density at radius 3 is 2.48 bits per heavy atom. The van der Waals surface area contributed by atoms with Gasteiger partial charge in [0.25, 0.3) is 5.91 Å². The monoisotopic (exact) mass is 401 g/mol. The van der Waals surface area contributed by atoms with Gasteiger partial charge in [-0.05, 0) is 49.9 Å². The zero-order valence-electron chi connectivity index (χ0n) is 17.1. The van der Waals surface area contributed by atoms with Crippen molar-refractivity contribution in [1.29, 1.82) is 0 Å². The SMILES string of the molecule is CCC(=NCC[NH+]1CCCCC1)C1C(=O)NC(=O)N(c2ccc(OC)cc2)C1=O. The van der Waals surface area contributed by atoms with Crippen LogP contribution in [0.25, 0.3) is 0 Å². The molecule has 8 nitrogen and oxygen atoms in total. The second-order valence-electron chi connectivity index (χ2n) is 7.39. The van der Waals surface area contributed by atoms with Crippen molar-refractivity contribution in [1.82, 2.24) is 5.32 Å². The summed E-state index contributed by atoms with van der Waals surface area (Å²) in [5, 5.41) is 2.30. The van der Waals surface area contributed by atoms with Gasteiger partial charge in [0.15, 0.2) is 5.92 Å². The molecule has 3 rings (SSSR count). The summed E-state index contributed by atoms with van der Waals surface area (Å²) in [6.45, 7) is 5.65. The van der Waals surface area contributed by atoms with Gasteiger partial charge in [-0.3, -0.25) is 19.9 Å². The molecule has 1 aromatic rings. The van der Waals surface area contributed by atoms with Crippen LogP contribution in [0.2, 0.25) is 0 Å². The maximum absolute atomic E-state index is 13.1. The number of piperidine rings is 1. The zero-order valence-corrected chi connectivity index (χ0v) is 17.1. The van der Waals surface area contributed by atoms with Gasteiger partial charge in [0.2, 0.25) is 5.91 Å². The number of likely N-dealkylation sites (tertiary alicyclic amines) is 1. The van der Waals surface area contributed by atoms with Crippen LogP contribution < -0.4 is 19.9 Å². The van der Waals surface area contributed by atoms with Crippen LogP contribution in [0.5, 0.6) is 5.75 Å². The fourth-order valence-electron chi connectivity index (χ4n) is 3.91. The van der Waals surface area contributed by atoms with E-state index in [1.807, 2.05) is 6.92 Å². The van der Waals surface area contributed by atoms with Crippen molar-refractivity contribution < 1.29 is 24.0 Å². The summed E-state index contributed by atoms with van der Waals surface area (Å²) in [5.74, 6) is -1.62. The van der Waals surface area contributed by atoms with Crippen LogP contribution in [0, 0.1) is 5.92 Å². The normalized spacial score (nSPS) is 21.3. The van der Waals surface area contributed by atoms with Gasteiger partial charge < -0.3 is 9.64 Å². The third-order valence-electron chi connectivity index (χ3n) is 5.53. The lowest BCUT2D eigenvalue weighted by atomic mass is 9.96. The molecule has 2 aliphatic rings. The Morgan fingerprint density at radius 1 is 1.17 bits per heavy atom. The van der Waals surface area contributed by atoms with E-state index in [4.69, 9.17) is 4.74 Å². The lowest BCUT2D eigenvalue weighted by molar-refractivity contribution is -0.903. The van der Waals surface area contributed by atoms with Gasteiger partial charge in [0, 0.05) is 5.71 Å². The minimum atomic E-state index is -1.07. The third kappa shape index (κ3) is 4.82. The summed E-state index contributed by atoms with van der Waals surface area (Å²) in [6.07, 6.45) is 4.24. The molecule has 2 saturated heterocycles. The number of ether oxygens (including phenoxy) is 1. The number of quaternary nitrogens is 1. The highest BCUT2D eigenvalue weighted by Crippen LogP contribution is 2.24. The Labute approximate surface area is 170 Å². The van der Waals surface area contributed by atoms with E-state index in [2.05, 4.69) is 10.3 Å². The molecule has 1 atom stereocenters. The average molecular weight is 401 g/mol. The van der Waals surface area contributed by atoms with Crippen LogP contribution in [0.4, 0.5) is 10.5 Å². The molecule has 2 fully saturated rings. The largest absolute Gasteiger partial charge is 0.497 e. The molecule has 0 saturated carbocycles. The van der Waals surface area contributed by atoms with Gasteiger partial charge in [-0.1, -0.05) is 6.92 Å². The van der Waals surface area contributed by atoms with Crippen molar-refractivity contribution in [3.05, 3.63) is 24.3 Å². The zero-order chi connectivity index (χ0) is 20.8. The standard InChI is InChI=1S/C21H28N4O4/c1-3-17(22-11-14-24-12-5-4-6-13-24)18-19(26)23-21(28)25(20(18)27)15-7-9-16(29-2)10-8-15/h7-10,18H,3-6,11-14H2,1-2H3,(H,23,26,28)/p+1. The number of anilines is 1. The second-order valence-corrected chi connectivity index (χ2v) is 7.39. The Kier molecular flexibility index (Phi) is 6.98. The molecule has 0 bridgehead atoms. The summed E-state index contributed by atoms with van der Waals surface area (Å²) in [6, 6.07) is 5.82. The molecule has 2 N–H and O–H groups in total. The number of hydrogen-bond donors (Lipinski definition) is 2. The number of nitrogens with zero attached hydrogens (tertiary/aromatic N) is 2. The van der Waals surface area contributed by atoms with E-state index in [9.17, 15) is 14.4 Å². The van der Waals surface area contributed by atoms with E-state index in [0.29, 0.717) is 30.1 Å². The van der Waals surface area contributed by atoms with Gasteiger partial charge in [-0.25, -0.2) is 9.69 Å². The molecule has 2 aliphatic heterocycles. The minimum Gasteiger partial charge on any atom is -0.497 e. The number of nitrogens with one attached hydrogen (secondary N) is 2. The first kappa shape index (κ1) is 21.0. The Bertz CT molecular complexity index is 784. The maximum atomic E-state index is 13.1. The number of amides is 4. The van der Waals surface area contributed by atoms with Crippen molar-refractivity contribution >= 4 is 29.2 Å². The average Bonchev–Trinajstić information content (AvgIpc) is 2.73. The van der Waals surface area contributed by atoms with E-state index in [1.165, 1.54) is 31.3 Å². The number of carbonyl (C=O) groups excluding carboxylic acids is 3. The molecule has 1 aromatic carbocycles. The summed E-state index contributed by atoms with van der Waals surface area (Å²) in [7, 11) is 1.54. The molecule has 156 valence electrons. The number of barbiturate groups is 1. The van der Waals surface area contributed by atoms with Crippen LogP contribution in [-0.4, -0.2) is 56.8 Å². The molecule has 0 aliphatic carbocycles. The fraction of sp³-hybridized carbons (Fsp3) is 0.524. The number of carbonyl (C=O) groups is 3. The maximum Gasteiger partial charge on any atom is 0.335 e. The van der Waals surface area contributed by atoms with E-state index < -0.39 is 23.8 Å². The van der Waals surface area contributed by atoms with E-state index in [-0.39, 0.29) is 0 Å². The van der Waals surface area contributed by atoms with Crippen LogP contribution in [0.3, 0.4) is 0 Å². The molecule has 0 spiro atoms. The molecule has 4 amide bonds. The number of rotatable bonds is 7. The second kappa shape index (κ2) is 9.65. The van der Waals surface area contributed by atoms with Gasteiger partial charge >= 0.3 is 6.03 Å². The molecular formula is C21H29N4O4+.